The number of carbonyl (C=O) groups excluding carboxylic acids is 1. The first-order valence-electron chi connectivity index (χ1n) is 13.2. The van der Waals surface area contributed by atoms with Crippen molar-refractivity contribution >= 4 is 18.5 Å². The zero-order valence-electron chi connectivity index (χ0n) is 20.7. The van der Waals surface area contributed by atoms with E-state index in [4.69, 9.17) is 4.98 Å². The smallest absolute Gasteiger partial charge is 0.320 e. The third-order valence-electron chi connectivity index (χ3n) is 9.23. The maximum Gasteiger partial charge on any atom is 0.320 e. The number of carbonyl (C=O) groups is 1. The lowest BCUT2D eigenvalue weighted by Crippen LogP contribution is -2.71. The molecule has 5 fully saturated rings. The fourth-order valence-electron chi connectivity index (χ4n) is 7.15. The molecule has 0 unspecified atom stereocenters. The Bertz CT molecular complexity index is 1190. The van der Waals surface area contributed by atoms with E-state index in [1.54, 1.807) is 19.5 Å². The molecule has 2 amide bonds. The first-order valence-corrected chi connectivity index (χ1v) is 15.8. The molecule has 0 radical (unpaired) electrons. The number of likely N-dealkylation sites (tertiary alicyclic amines) is 2. The Morgan fingerprint density at radius 1 is 1.03 bits per heavy atom. The topological polar surface area (TPSA) is 95.1 Å². The summed E-state index contributed by atoms with van der Waals surface area (Å²) in [6.07, 6.45) is 9.86. The van der Waals surface area contributed by atoms with Gasteiger partial charge in [-0.15, -0.1) is 0 Å². The zero-order valence-corrected chi connectivity index (χ0v) is 21.6. The lowest BCUT2D eigenvalue weighted by Gasteiger charge is -2.63. The molecule has 1 N–H and O–H groups in total. The molecule has 8 nitrogen and oxygen atoms in total. The van der Waals surface area contributed by atoms with Gasteiger partial charge >= 0.3 is 6.03 Å². The number of aromatic nitrogens is 4. The molecule has 4 heterocycles. The minimum atomic E-state index is -2.24. The molecule has 35 heavy (non-hydrogen) atoms. The number of hydrogen-bond donors (Lipinski definition) is 1. The molecule has 2 saturated heterocycles. The Kier molecular flexibility index (Phi) is 4.66. The summed E-state index contributed by atoms with van der Waals surface area (Å²) in [5.41, 5.74) is 1.75. The SMILES string of the molecule is CP(C)(=O)c1ccc(CC2CC3(C2)CN(C(=O)N2CC4(CC(c5n[nH]c(C6CC6)n5)C4)C2)C3)nc1. The van der Waals surface area contributed by atoms with Gasteiger partial charge < -0.3 is 14.4 Å². The summed E-state index contributed by atoms with van der Waals surface area (Å²) in [5.74, 6) is 3.81. The standard InChI is InChI=1S/C26H35N6O2P/c1-35(2,34)21-6-5-20(27-12-21)7-17-8-25(9-17)13-31(14-25)24(33)32-15-26(16-32)10-19(11-26)23-28-22(29-30-23)18-3-4-18/h5-6,12,17-19H,3-4,7-11,13-16H2,1-2H3,(H,28,29,30). The molecule has 3 aliphatic carbocycles. The quantitative estimate of drug-likeness (QED) is 0.641. The third-order valence-corrected chi connectivity index (χ3v) is 10.7. The number of H-pyrrole nitrogens is 1. The van der Waals surface area contributed by atoms with Gasteiger partial charge in [-0.3, -0.25) is 10.1 Å². The van der Waals surface area contributed by atoms with Gasteiger partial charge in [0.1, 0.15) is 13.0 Å². The maximum atomic E-state index is 13.0. The van der Waals surface area contributed by atoms with Crippen molar-refractivity contribution in [2.24, 2.45) is 16.7 Å². The van der Waals surface area contributed by atoms with E-state index >= 15 is 0 Å². The van der Waals surface area contributed by atoms with Gasteiger partial charge in [0.15, 0.2) is 5.82 Å². The third kappa shape index (κ3) is 3.83. The van der Waals surface area contributed by atoms with Crippen LogP contribution in [0.5, 0.6) is 0 Å². The van der Waals surface area contributed by atoms with Crippen molar-refractivity contribution in [3.05, 3.63) is 35.7 Å². The number of nitrogens with zero attached hydrogens (tertiary/aromatic N) is 5. The van der Waals surface area contributed by atoms with Gasteiger partial charge in [-0.2, -0.15) is 5.10 Å². The van der Waals surface area contributed by atoms with Crippen LogP contribution in [0, 0.1) is 16.7 Å². The second-order valence-electron chi connectivity index (χ2n) is 12.8. The van der Waals surface area contributed by atoms with Crippen LogP contribution in [0.4, 0.5) is 4.79 Å². The number of urea groups is 1. The van der Waals surface area contributed by atoms with E-state index in [1.165, 1.54) is 25.7 Å². The van der Waals surface area contributed by atoms with Crippen molar-refractivity contribution in [1.29, 1.82) is 0 Å². The zero-order chi connectivity index (χ0) is 24.0. The van der Waals surface area contributed by atoms with E-state index in [9.17, 15) is 9.36 Å². The number of pyridine rings is 1. The Balaban J connectivity index is 0.842. The van der Waals surface area contributed by atoms with Crippen molar-refractivity contribution in [3.63, 3.8) is 0 Å². The molecular weight excluding hydrogens is 459 g/mol. The highest BCUT2D eigenvalue weighted by Crippen LogP contribution is 2.57. The molecule has 5 aliphatic rings. The highest BCUT2D eigenvalue weighted by Gasteiger charge is 2.58. The summed E-state index contributed by atoms with van der Waals surface area (Å²) in [7, 11) is -2.24. The molecule has 2 aromatic heterocycles. The average molecular weight is 495 g/mol. The predicted octanol–water partition coefficient (Wildman–Crippen LogP) is 3.58. The Labute approximate surface area is 206 Å². The van der Waals surface area contributed by atoms with E-state index < -0.39 is 7.14 Å². The van der Waals surface area contributed by atoms with Gasteiger partial charge in [0, 0.05) is 66.0 Å². The van der Waals surface area contributed by atoms with Gasteiger partial charge in [0.05, 0.1) is 0 Å². The molecule has 9 heteroatoms. The molecule has 2 spiro atoms. The molecule has 0 aromatic carbocycles. The van der Waals surface area contributed by atoms with E-state index in [-0.39, 0.29) is 6.03 Å². The minimum absolute atomic E-state index is 0.239. The van der Waals surface area contributed by atoms with Crippen LogP contribution >= 0.6 is 7.14 Å². The average Bonchev–Trinajstić information content (AvgIpc) is 3.44. The van der Waals surface area contributed by atoms with Crippen LogP contribution in [0.15, 0.2) is 18.3 Å². The Morgan fingerprint density at radius 3 is 2.26 bits per heavy atom. The van der Waals surface area contributed by atoms with Gasteiger partial charge in [-0.1, -0.05) is 0 Å². The van der Waals surface area contributed by atoms with Crippen LogP contribution in [0.1, 0.15) is 67.7 Å². The van der Waals surface area contributed by atoms with Gasteiger partial charge in [-0.25, -0.2) is 9.78 Å². The first-order chi connectivity index (χ1) is 16.7. The summed E-state index contributed by atoms with van der Waals surface area (Å²) < 4.78 is 12.2. The molecule has 2 aromatic rings. The summed E-state index contributed by atoms with van der Waals surface area (Å²) in [5, 5.41) is 8.45. The maximum absolute atomic E-state index is 13.0. The Hall–Kier alpha value is -2.21. The van der Waals surface area contributed by atoms with Crippen LogP contribution in [-0.4, -0.2) is 75.5 Å². The van der Waals surface area contributed by atoms with Crippen LogP contribution in [0.3, 0.4) is 0 Å². The highest BCUT2D eigenvalue weighted by molar-refractivity contribution is 7.70. The molecule has 0 atom stereocenters. The van der Waals surface area contributed by atoms with Crippen molar-refractivity contribution in [3.8, 4) is 0 Å². The van der Waals surface area contributed by atoms with E-state index in [2.05, 4.69) is 25.0 Å². The van der Waals surface area contributed by atoms with E-state index in [1.807, 2.05) is 12.1 Å². The monoisotopic (exact) mass is 494 g/mol. The van der Waals surface area contributed by atoms with Crippen molar-refractivity contribution < 1.29 is 9.36 Å². The van der Waals surface area contributed by atoms with Crippen LogP contribution in [-0.2, 0) is 11.0 Å². The minimum Gasteiger partial charge on any atom is -0.323 e. The predicted molar refractivity (Wildman–Crippen MR) is 133 cm³/mol. The first kappa shape index (κ1) is 22.0. The van der Waals surface area contributed by atoms with Gasteiger partial charge in [0.2, 0.25) is 0 Å². The van der Waals surface area contributed by atoms with E-state index in [0.29, 0.717) is 28.6 Å². The molecule has 0 bridgehead atoms. The van der Waals surface area contributed by atoms with Crippen LogP contribution < -0.4 is 5.30 Å². The molecular formula is C26H35N6O2P. The van der Waals surface area contributed by atoms with Crippen molar-refractivity contribution in [1.82, 2.24) is 30.0 Å². The summed E-state index contributed by atoms with van der Waals surface area (Å²) in [4.78, 5) is 26.4. The number of aromatic amines is 1. The van der Waals surface area contributed by atoms with Gasteiger partial charge in [-0.05, 0) is 76.3 Å². The second kappa shape index (κ2) is 7.41. The summed E-state index contributed by atoms with van der Waals surface area (Å²) in [6.45, 7) is 7.20. The fraction of sp³-hybridized carbons (Fsp3) is 0.692. The van der Waals surface area contributed by atoms with Crippen LogP contribution in [0.25, 0.3) is 0 Å². The van der Waals surface area contributed by atoms with E-state index in [0.717, 1.165) is 68.1 Å². The number of hydrogen-bond acceptors (Lipinski definition) is 5. The summed E-state index contributed by atoms with van der Waals surface area (Å²) in [6, 6.07) is 4.25. The van der Waals surface area contributed by atoms with Crippen molar-refractivity contribution in [2.45, 2.75) is 56.8 Å². The fourth-order valence-corrected chi connectivity index (χ4v) is 7.92. The molecule has 2 aliphatic heterocycles. The van der Waals surface area contributed by atoms with Crippen molar-refractivity contribution in [2.75, 3.05) is 39.5 Å². The summed E-state index contributed by atoms with van der Waals surface area (Å²) >= 11 is 0. The number of rotatable bonds is 5. The normalized spacial score (nSPS) is 25.2. The molecule has 186 valence electrons. The molecule has 7 rings (SSSR count). The number of nitrogens with one attached hydrogen (secondary N) is 1. The highest BCUT2D eigenvalue weighted by atomic mass is 31.2. The lowest BCUT2D eigenvalue weighted by molar-refractivity contribution is -0.100. The molecule has 3 saturated carbocycles. The second-order valence-corrected chi connectivity index (χ2v) is 16.0. The Morgan fingerprint density at radius 2 is 1.69 bits per heavy atom. The largest absolute Gasteiger partial charge is 0.323 e. The van der Waals surface area contributed by atoms with Gasteiger partial charge in [0.25, 0.3) is 0 Å². The lowest BCUT2D eigenvalue weighted by atomic mass is 9.56. The number of amides is 2. The van der Waals surface area contributed by atoms with Crippen LogP contribution in [0.2, 0.25) is 0 Å².